The summed E-state index contributed by atoms with van der Waals surface area (Å²) in [6.45, 7) is 8.89. The van der Waals surface area contributed by atoms with Crippen LogP contribution in [0.3, 0.4) is 0 Å². The highest BCUT2D eigenvalue weighted by molar-refractivity contribution is 9.10. The van der Waals surface area contributed by atoms with Crippen LogP contribution in [-0.4, -0.2) is 35.3 Å². The number of carbonyl (C=O) groups excluding carboxylic acids is 1. The molecular weight excluding hydrogens is 316 g/mol. The van der Waals surface area contributed by atoms with Gasteiger partial charge in [0.2, 0.25) is 5.91 Å². The standard InChI is InChI=1S/C16H25BrN2O/c1-4-14(17)16(20)18-12-15(19(5-2)6-3)13-10-8-7-9-11-13/h7-11,14-15H,4-6,12H2,1-3H3,(H,18,20). The zero-order valence-electron chi connectivity index (χ0n) is 12.6. The molecular formula is C16H25BrN2O. The van der Waals surface area contributed by atoms with E-state index in [1.807, 2.05) is 25.1 Å². The average Bonchev–Trinajstić information content (AvgIpc) is 2.51. The van der Waals surface area contributed by atoms with Crippen LogP contribution in [0.25, 0.3) is 0 Å². The van der Waals surface area contributed by atoms with E-state index >= 15 is 0 Å². The van der Waals surface area contributed by atoms with Gasteiger partial charge in [0.05, 0.1) is 10.9 Å². The van der Waals surface area contributed by atoms with Gasteiger partial charge in [0.25, 0.3) is 0 Å². The largest absolute Gasteiger partial charge is 0.353 e. The van der Waals surface area contributed by atoms with Crippen molar-refractivity contribution in [2.24, 2.45) is 0 Å². The monoisotopic (exact) mass is 340 g/mol. The maximum atomic E-state index is 11.9. The molecule has 0 saturated heterocycles. The van der Waals surface area contributed by atoms with Crippen molar-refractivity contribution in [2.75, 3.05) is 19.6 Å². The molecule has 0 saturated carbocycles. The molecule has 0 aliphatic carbocycles. The van der Waals surface area contributed by atoms with Crippen molar-refractivity contribution in [3.8, 4) is 0 Å². The molecule has 20 heavy (non-hydrogen) atoms. The summed E-state index contributed by atoms with van der Waals surface area (Å²) in [4.78, 5) is 14.2. The second kappa shape index (κ2) is 9.14. The van der Waals surface area contributed by atoms with E-state index in [1.54, 1.807) is 0 Å². The smallest absolute Gasteiger partial charge is 0.233 e. The molecule has 2 atom stereocenters. The number of halogens is 1. The van der Waals surface area contributed by atoms with Crippen LogP contribution in [0.15, 0.2) is 30.3 Å². The summed E-state index contributed by atoms with van der Waals surface area (Å²) in [5.74, 6) is 0.0700. The van der Waals surface area contributed by atoms with E-state index < -0.39 is 0 Å². The Labute approximate surface area is 130 Å². The van der Waals surface area contributed by atoms with Crippen molar-refractivity contribution in [3.05, 3.63) is 35.9 Å². The highest BCUT2D eigenvalue weighted by atomic mass is 79.9. The van der Waals surface area contributed by atoms with Crippen LogP contribution in [-0.2, 0) is 4.79 Å². The van der Waals surface area contributed by atoms with Crippen molar-refractivity contribution in [1.29, 1.82) is 0 Å². The fourth-order valence-electron chi connectivity index (χ4n) is 2.29. The van der Waals surface area contributed by atoms with E-state index in [2.05, 4.69) is 52.1 Å². The van der Waals surface area contributed by atoms with Crippen LogP contribution in [0.5, 0.6) is 0 Å². The summed E-state index contributed by atoms with van der Waals surface area (Å²) in [5, 5.41) is 3.05. The predicted molar refractivity (Wildman–Crippen MR) is 88.1 cm³/mol. The van der Waals surface area contributed by atoms with Gasteiger partial charge >= 0.3 is 0 Å². The van der Waals surface area contributed by atoms with Crippen molar-refractivity contribution in [1.82, 2.24) is 10.2 Å². The van der Waals surface area contributed by atoms with E-state index in [0.29, 0.717) is 6.54 Å². The van der Waals surface area contributed by atoms with Crippen LogP contribution in [0.4, 0.5) is 0 Å². The first kappa shape index (κ1) is 17.2. The van der Waals surface area contributed by atoms with Crippen molar-refractivity contribution >= 4 is 21.8 Å². The number of amides is 1. The Morgan fingerprint density at radius 1 is 1.20 bits per heavy atom. The number of benzene rings is 1. The normalized spacial score (nSPS) is 14.1. The average molecular weight is 341 g/mol. The molecule has 1 aromatic rings. The Morgan fingerprint density at radius 3 is 2.30 bits per heavy atom. The van der Waals surface area contributed by atoms with E-state index in [4.69, 9.17) is 0 Å². The zero-order valence-corrected chi connectivity index (χ0v) is 14.2. The van der Waals surface area contributed by atoms with Gasteiger partial charge in [-0.3, -0.25) is 9.69 Å². The van der Waals surface area contributed by atoms with Gasteiger partial charge in [0.15, 0.2) is 0 Å². The zero-order chi connectivity index (χ0) is 15.0. The lowest BCUT2D eigenvalue weighted by molar-refractivity contribution is -0.120. The molecule has 1 amide bonds. The Hall–Kier alpha value is -0.870. The molecule has 4 heteroatoms. The SMILES string of the molecule is CCC(Br)C(=O)NCC(c1ccccc1)N(CC)CC. The van der Waals surface area contributed by atoms with Crippen LogP contribution < -0.4 is 5.32 Å². The van der Waals surface area contributed by atoms with Gasteiger partial charge in [-0.05, 0) is 25.1 Å². The van der Waals surface area contributed by atoms with E-state index in [0.717, 1.165) is 19.5 Å². The molecule has 0 heterocycles. The van der Waals surface area contributed by atoms with Gasteiger partial charge < -0.3 is 5.32 Å². The summed E-state index contributed by atoms with van der Waals surface area (Å²) in [5.41, 5.74) is 1.25. The fourth-order valence-corrected chi connectivity index (χ4v) is 2.45. The third kappa shape index (κ3) is 4.91. The number of likely N-dealkylation sites (N-methyl/N-ethyl adjacent to an activating group) is 1. The lowest BCUT2D eigenvalue weighted by atomic mass is 10.0. The number of rotatable bonds is 8. The molecule has 2 unspecified atom stereocenters. The quantitative estimate of drug-likeness (QED) is 0.736. The third-order valence-electron chi connectivity index (χ3n) is 3.55. The Balaban J connectivity index is 2.76. The van der Waals surface area contributed by atoms with Gasteiger partial charge in [0.1, 0.15) is 0 Å². The van der Waals surface area contributed by atoms with E-state index in [9.17, 15) is 4.79 Å². The minimum Gasteiger partial charge on any atom is -0.353 e. The molecule has 112 valence electrons. The second-order valence-electron chi connectivity index (χ2n) is 4.77. The van der Waals surface area contributed by atoms with Crippen LogP contribution >= 0.6 is 15.9 Å². The van der Waals surface area contributed by atoms with Crippen molar-refractivity contribution in [3.63, 3.8) is 0 Å². The van der Waals surface area contributed by atoms with Crippen LogP contribution in [0, 0.1) is 0 Å². The van der Waals surface area contributed by atoms with Gasteiger partial charge in [-0.25, -0.2) is 0 Å². The summed E-state index contributed by atoms with van der Waals surface area (Å²) in [6.07, 6.45) is 0.799. The van der Waals surface area contributed by atoms with Crippen molar-refractivity contribution in [2.45, 2.75) is 38.1 Å². The summed E-state index contributed by atoms with van der Waals surface area (Å²) in [7, 11) is 0. The number of alkyl halides is 1. The Morgan fingerprint density at radius 2 is 1.80 bits per heavy atom. The topological polar surface area (TPSA) is 32.3 Å². The molecule has 0 bridgehead atoms. The predicted octanol–water partition coefficient (Wildman–Crippen LogP) is 3.36. The highest BCUT2D eigenvalue weighted by Gasteiger charge is 2.20. The van der Waals surface area contributed by atoms with Crippen LogP contribution in [0.2, 0.25) is 0 Å². The number of nitrogens with zero attached hydrogens (tertiary/aromatic N) is 1. The molecule has 0 aromatic heterocycles. The number of hydrogen-bond acceptors (Lipinski definition) is 2. The molecule has 1 N–H and O–H groups in total. The number of hydrogen-bond donors (Lipinski definition) is 1. The minimum absolute atomic E-state index is 0.0700. The number of carbonyl (C=O) groups is 1. The minimum atomic E-state index is -0.101. The lowest BCUT2D eigenvalue weighted by Gasteiger charge is -2.30. The summed E-state index contributed by atoms with van der Waals surface area (Å²) < 4.78 is 0. The first-order valence-corrected chi connectivity index (χ1v) is 8.26. The Kier molecular flexibility index (Phi) is 7.85. The molecule has 3 nitrogen and oxygen atoms in total. The van der Waals surface area contributed by atoms with E-state index in [1.165, 1.54) is 5.56 Å². The molecule has 0 aliphatic rings. The number of nitrogens with one attached hydrogen (secondary N) is 1. The van der Waals surface area contributed by atoms with Crippen molar-refractivity contribution < 1.29 is 4.79 Å². The van der Waals surface area contributed by atoms with Gasteiger partial charge in [0, 0.05) is 6.54 Å². The lowest BCUT2D eigenvalue weighted by Crippen LogP contribution is -2.40. The second-order valence-corrected chi connectivity index (χ2v) is 5.87. The van der Waals surface area contributed by atoms with Crippen LogP contribution in [0.1, 0.15) is 38.8 Å². The molecule has 0 fully saturated rings. The van der Waals surface area contributed by atoms with Gasteiger partial charge in [-0.1, -0.05) is 67.0 Å². The highest BCUT2D eigenvalue weighted by Crippen LogP contribution is 2.19. The van der Waals surface area contributed by atoms with E-state index in [-0.39, 0.29) is 16.8 Å². The first-order valence-electron chi connectivity index (χ1n) is 7.34. The fraction of sp³-hybridized carbons (Fsp3) is 0.562. The summed E-state index contributed by atoms with van der Waals surface area (Å²) >= 11 is 3.39. The van der Waals surface area contributed by atoms with Gasteiger partial charge in [-0.15, -0.1) is 0 Å². The molecule has 1 aromatic carbocycles. The molecule has 0 aliphatic heterocycles. The maximum Gasteiger partial charge on any atom is 0.233 e. The molecule has 0 spiro atoms. The first-order chi connectivity index (χ1) is 9.63. The maximum absolute atomic E-state index is 11.9. The third-order valence-corrected chi connectivity index (χ3v) is 4.61. The van der Waals surface area contributed by atoms with Gasteiger partial charge in [-0.2, -0.15) is 0 Å². The molecule has 0 radical (unpaired) electrons. The molecule has 1 rings (SSSR count). The Bertz CT molecular complexity index is 393. The summed E-state index contributed by atoms with van der Waals surface area (Å²) in [6, 6.07) is 10.6.